The van der Waals surface area contributed by atoms with Crippen LogP contribution in [0.5, 0.6) is 17.4 Å². The molecule has 0 amide bonds. The van der Waals surface area contributed by atoms with Crippen LogP contribution in [0.3, 0.4) is 0 Å². The minimum Gasteiger partial charge on any atom is -0.488 e. The largest absolute Gasteiger partial charge is 0.488 e. The summed E-state index contributed by atoms with van der Waals surface area (Å²) in [5.41, 5.74) is 0.668. The Labute approximate surface area is 183 Å². The van der Waals surface area contributed by atoms with Crippen LogP contribution in [0.25, 0.3) is 6.08 Å². The van der Waals surface area contributed by atoms with Gasteiger partial charge in [-0.1, -0.05) is 30.3 Å². The van der Waals surface area contributed by atoms with Crippen molar-refractivity contribution in [2.24, 2.45) is 0 Å². The molecule has 0 atom stereocenters. The van der Waals surface area contributed by atoms with E-state index in [0.29, 0.717) is 23.3 Å². The summed E-state index contributed by atoms with van der Waals surface area (Å²) in [7, 11) is 0. The normalized spacial score (nSPS) is 11.4. The summed E-state index contributed by atoms with van der Waals surface area (Å²) in [6.45, 7) is 2.23. The Morgan fingerprint density at radius 3 is 2.50 bits per heavy atom. The number of hydrogen-bond acceptors (Lipinski definition) is 5. The fourth-order valence-corrected chi connectivity index (χ4v) is 2.65. The van der Waals surface area contributed by atoms with Gasteiger partial charge >= 0.3 is 12.1 Å². The van der Waals surface area contributed by atoms with E-state index in [1.165, 1.54) is 6.08 Å². The van der Waals surface area contributed by atoms with Crippen LogP contribution in [0.15, 0.2) is 72.9 Å². The molecular weight excluding hydrogens is 423 g/mol. The third kappa shape index (κ3) is 6.60. The zero-order chi connectivity index (χ0) is 23.0. The van der Waals surface area contributed by atoms with Gasteiger partial charge in [0.1, 0.15) is 18.1 Å². The van der Waals surface area contributed by atoms with Gasteiger partial charge in [-0.3, -0.25) is 0 Å². The van der Waals surface area contributed by atoms with Gasteiger partial charge in [0, 0.05) is 30.0 Å². The van der Waals surface area contributed by atoms with Crippen LogP contribution in [0, 0.1) is 0 Å². The van der Waals surface area contributed by atoms with E-state index in [1.54, 1.807) is 31.2 Å². The van der Waals surface area contributed by atoms with Crippen molar-refractivity contribution in [2.75, 3.05) is 6.61 Å². The summed E-state index contributed by atoms with van der Waals surface area (Å²) in [5.74, 6) is 0.241. The van der Waals surface area contributed by atoms with Crippen molar-refractivity contribution in [3.05, 3.63) is 89.6 Å². The predicted molar refractivity (Wildman–Crippen MR) is 112 cm³/mol. The molecule has 0 aliphatic rings. The van der Waals surface area contributed by atoms with E-state index >= 15 is 0 Å². The highest BCUT2D eigenvalue weighted by Crippen LogP contribution is 2.32. The zero-order valence-corrected chi connectivity index (χ0v) is 17.1. The molecule has 1 heterocycles. The maximum atomic E-state index is 12.7. The molecule has 5 nitrogen and oxygen atoms in total. The molecule has 0 fully saturated rings. The summed E-state index contributed by atoms with van der Waals surface area (Å²) in [4.78, 5) is 15.4. The third-order valence-electron chi connectivity index (χ3n) is 4.19. The Morgan fingerprint density at radius 1 is 1.06 bits per heavy atom. The number of carbonyl (C=O) groups excluding carboxylic acids is 1. The first kappa shape index (κ1) is 22.9. The quantitative estimate of drug-likeness (QED) is 0.313. The van der Waals surface area contributed by atoms with E-state index in [-0.39, 0.29) is 19.1 Å². The average molecular weight is 443 g/mol. The Bertz CT molecular complexity index is 1060. The molecule has 3 aromatic rings. The molecule has 0 unspecified atom stereocenters. The van der Waals surface area contributed by atoms with Gasteiger partial charge in [0.25, 0.3) is 0 Å². The van der Waals surface area contributed by atoms with Gasteiger partial charge in [-0.2, -0.15) is 13.2 Å². The summed E-state index contributed by atoms with van der Waals surface area (Å²) in [5, 5.41) is 0. The summed E-state index contributed by atoms with van der Waals surface area (Å²) in [6, 6.07) is 16.3. The molecule has 1 aromatic heterocycles. The predicted octanol–water partition coefficient (Wildman–Crippen LogP) is 6.05. The van der Waals surface area contributed by atoms with E-state index in [9.17, 15) is 18.0 Å². The van der Waals surface area contributed by atoms with Gasteiger partial charge in [-0.25, -0.2) is 9.78 Å². The Balaban J connectivity index is 1.81. The number of pyridine rings is 1. The fourth-order valence-electron chi connectivity index (χ4n) is 2.65. The van der Waals surface area contributed by atoms with Gasteiger partial charge in [0.05, 0.1) is 12.2 Å². The Morgan fingerprint density at radius 2 is 1.84 bits per heavy atom. The van der Waals surface area contributed by atoms with Gasteiger partial charge in [-0.15, -0.1) is 0 Å². The van der Waals surface area contributed by atoms with Crippen LogP contribution in [0.4, 0.5) is 13.2 Å². The summed E-state index contributed by atoms with van der Waals surface area (Å²) in [6.07, 6.45) is -0.930. The SMILES string of the molecule is CCOC(=O)/C=C/c1ccc(Oc2ccc(C(F)(F)F)cn2)cc1OCc1ccccc1. The minimum atomic E-state index is -4.48. The van der Waals surface area contributed by atoms with Crippen molar-refractivity contribution < 1.29 is 32.2 Å². The Hall–Kier alpha value is -3.81. The number of carbonyl (C=O) groups is 1. The zero-order valence-electron chi connectivity index (χ0n) is 17.1. The lowest BCUT2D eigenvalue weighted by Gasteiger charge is -2.12. The highest BCUT2D eigenvalue weighted by atomic mass is 19.4. The molecule has 32 heavy (non-hydrogen) atoms. The van der Waals surface area contributed by atoms with Crippen molar-refractivity contribution in [3.8, 4) is 17.4 Å². The van der Waals surface area contributed by atoms with Gasteiger partial charge in [0.2, 0.25) is 5.88 Å². The number of nitrogens with zero attached hydrogens (tertiary/aromatic N) is 1. The molecule has 8 heteroatoms. The number of ether oxygens (including phenoxy) is 3. The van der Waals surface area contributed by atoms with Crippen LogP contribution in [0.2, 0.25) is 0 Å². The second-order valence-electron chi connectivity index (χ2n) is 6.54. The van der Waals surface area contributed by atoms with Gasteiger partial charge in [0.15, 0.2) is 0 Å². The number of esters is 1. The molecule has 0 N–H and O–H groups in total. The molecule has 0 saturated heterocycles. The molecule has 0 aliphatic carbocycles. The lowest BCUT2D eigenvalue weighted by molar-refractivity contribution is -0.138. The van der Waals surface area contributed by atoms with Crippen molar-refractivity contribution in [1.29, 1.82) is 0 Å². The highest BCUT2D eigenvalue weighted by molar-refractivity contribution is 5.87. The lowest BCUT2D eigenvalue weighted by Crippen LogP contribution is -2.05. The van der Waals surface area contributed by atoms with Crippen molar-refractivity contribution in [3.63, 3.8) is 0 Å². The van der Waals surface area contributed by atoms with Crippen LogP contribution in [-0.4, -0.2) is 17.6 Å². The number of hydrogen-bond donors (Lipinski definition) is 0. The molecule has 166 valence electrons. The number of halogens is 3. The van der Waals surface area contributed by atoms with Crippen LogP contribution in [-0.2, 0) is 22.3 Å². The van der Waals surface area contributed by atoms with E-state index in [4.69, 9.17) is 14.2 Å². The molecule has 0 aliphatic heterocycles. The van der Waals surface area contributed by atoms with Crippen LogP contribution < -0.4 is 9.47 Å². The molecule has 3 rings (SSSR count). The number of benzene rings is 2. The van der Waals surface area contributed by atoms with E-state index in [1.807, 2.05) is 30.3 Å². The smallest absolute Gasteiger partial charge is 0.417 e. The maximum Gasteiger partial charge on any atom is 0.417 e. The lowest BCUT2D eigenvalue weighted by atomic mass is 10.1. The van der Waals surface area contributed by atoms with Crippen molar-refractivity contribution in [1.82, 2.24) is 4.98 Å². The summed E-state index contributed by atoms with van der Waals surface area (Å²) >= 11 is 0. The minimum absolute atomic E-state index is 0.00169. The average Bonchev–Trinajstić information content (AvgIpc) is 2.77. The van der Waals surface area contributed by atoms with E-state index in [0.717, 1.165) is 17.7 Å². The Kier molecular flexibility index (Phi) is 7.49. The standard InChI is InChI=1S/C24H20F3NO4/c1-2-30-23(29)13-9-18-8-11-20(14-21(18)31-16-17-6-4-3-5-7-17)32-22-12-10-19(15-28-22)24(25,26)27/h3-15H,2,16H2,1H3/b13-9+. The molecule has 0 bridgehead atoms. The van der Waals surface area contributed by atoms with E-state index in [2.05, 4.69) is 4.98 Å². The first-order chi connectivity index (χ1) is 15.3. The number of alkyl halides is 3. The van der Waals surface area contributed by atoms with Gasteiger partial charge in [-0.05, 0) is 36.8 Å². The molecule has 0 radical (unpaired) electrons. The first-order valence-electron chi connectivity index (χ1n) is 9.72. The maximum absolute atomic E-state index is 12.7. The monoisotopic (exact) mass is 443 g/mol. The highest BCUT2D eigenvalue weighted by Gasteiger charge is 2.30. The second kappa shape index (κ2) is 10.5. The molecule has 2 aromatic carbocycles. The summed E-state index contributed by atoms with van der Waals surface area (Å²) < 4.78 is 54.5. The second-order valence-corrected chi connectivity index (χ2v) is 6.54. The van der Waals surface area contributed by atoms with Crippen molar-refractivity contribution in [2.45, 2.75) is 19.7 Å². The molecule has 0 saturated carbocycles. The van der Waals surface area contributed by atoms with Gasteiger partial charge < -0.3 is 14.2 Å². The topological polar surface area (TPSA) is 57.7 Å². The third-order valence-corrected chi connectivity index (χ3v) is 4.19. The van der Waals surface area contributed by atoms with Crippen molar-refractivity contribution >= 4 is 12.0 Å². The fraction of sp³-hybridized carbons (Fsp3) is 0.167. The first-order valence-corrected chi connectivity index (χ1v) is 9.72. The molecular formula is C24H20F3NO4. The number of aromatic nitrogens is 1. The van der Waals surface area contributed by atoms with Crippen LogP contribution >= 0.6 is 0 Å². The molecule has 0 spiro atoms. The van der Waals surface area contributed by atoms with Crippen LogP contribution in [0.1, 0.15) is 23.6 Å². The van der Waals surface area contributed by atoms with E-state index < -0.39 is 17.7 Å². The number of rotatable bonds is 8.